The van der Waals surface area contributed by atoms with Gasteiger partial charge in [-0.3, -0.25) is 9.69 Å². The summed E-state index contributed by atoms with van der Waals surface area (Å²) >= 11 is 5.02. The van der Waals surface area contributed by atoms with Crippen molar-refractivity contribution in [3.63, 3.8) is 0 Å². The fourth-order valence-electron chi connectivity index (χ4n) is 2.52. The topological polar surface area (TPSA) is 67.6 Å². The van der Waals surface area contributed by atoms with Crippen LogP contribution in [0.15, 0.2) is 24.3 Å². The van der Waals surface area contributed by atoms with Crippen molar-refractivity contribution in [1.82, 2.24) is 4.90 Å². The Balaban J connectivity index is 1.84. The maximum Gasteiger partial charge on any atom is 0.238 e. The van der Waals surface area contributed by atoms with Crippen LogP contribution in [0.2, 0.25) is 0 Å². The fraction of sp³-hybridized carbons (Fsp3) is 0.467. The van der Waals surface area contributed by atoms with E-state index in [1.165, 1.54) is 0 Å². The number of hydrogen-bond donors (Lipinski definition) is 2. The second-order valence-corrected chi connectivity index (χ2v) is 5.67. The number of anilines is 1. The molecule has 1 aromatic carbocycles. The van der Waals surface area contributed by atoms with Gasteiger partial charge in [-0.25, -0.2) is 0 Å². The van der Waals surface area contributed by atoms with Crippen molar-refractivity contribution < 1.29 is 9.53 Å². The van der Waals surface area contributed by atoms with E-state index in [4.69, 9.17) is 22.7 Å². The molecule has 3 N–H and O–H groups in total. The molecule has 0 spiro atoms. The summed E-state index contributed by atoms with van der Waals surface area (Å²) in [5, 5.41) is 2.89. The van der Waals surface area contributed by atoms with Crippen molar-refractivity contribution >= 4 is 28.8 Å². The lowest BCUT2D eigenvalue weighted by Gasteiger charge is -2.30. The van der Waals surface area contributed by atoms with Crippen LogP contribution in [0.3, 0.4) is 0 Å². The van der Waals surface area contributed by atoms with E-state index in [-0.39, 0.29) is 5.91 Å². The van der Waals surface area contributed by atoms with Crippen LogP contribution in [0.4, 0.5) is 5.69 Å². The van der Waals surface area contributed by atoms with Gasteiger partial charge >= 0.3 is 0 Å². The molecule has 1 saturated heterocycles. The minimum atomic E-state index is -0.0340. The molecule has 1 aliphatic heterocycles. The Morgan fingerprint density at radius 1 is 1.43 bits per heavy atom. The van der Waals surface area contributed by atoms with Gasteiger partial charge in [0.1, 0.15) is 5.75 Å². The largest absolute Gasteiger partial charge is 0.495 e. The normalized spacial score (nSPS) is 16.4. The van der Waals surface area contributed by atoms with Crippen LogP contribution in [0.1, 0.15) is 12.8 Å². The molecule has 2 rings (SSSR count). The minimum absolute atomic E-state index is 0.0340. The van der Waals surface area contributed by atoms with Crippen LogP contribution in [0.25, 0.3) is 0 Å². The zero-order valence-electron chi connectivity index (χ0n) is 12.2. The molecule has 1 amide bonds. The number of rotatable bonds is 5. The Bertz CT molecular complexity index is 513. The minimum Gasteiger partial charge on any atom is -0.495 e. The van der Waals surface area contributed by atoms with Crippen LogP contribution in [-0.2, 0) is 4.79 Å². The van der Waals surface area contributed by atoms with Crippen LogP contribution >= 0.6 is 12.2 Å². The molecule has 5 nitrogen and oxygen atoms in total. The molecule has 0 unspecified atom stereocenters. The number of carbonyl (C=O) groups is 1. The number of piperidine rings is 1. The van der Waals surface area contributed by atoms with Gasteiger partial charge in [0.15, 0.2) is 0 Å². The molecular weight excluding hydrogens is 286 g/mol. The zero-order valence-corrected chi connectivity index (χ0v) is 13.0. The zero-order chi connectivity index (χ0) is 15.2. The molecule has 1 fully saturated rings. The highest BCUT2D eigenvalue weighted by Gasteiger charge is 2.22. The number of methoxy groups -OCH3 is 1. The van der Waals surface area contributed by atoms with Gasteiger partial charge in [-0.15, -0.1) is 0 Å². The summed E-state index contributed by atoms with van der Waals surface area (Å²) in [5.41, 5.74) is 6.36. The van der Waals surface area contributed by atoms with Crippen molar-refractivity contribution in [2.75, 3.05) is 32.1 Å². The summed E-state index contributed by atoms with van der Waals surface area (Å²) in [6.45, 7) is 2.07. The van der Waals surface area contributed by atoms with Gasteiger partial charge in [0.25, 0.3) is 0 Å². The lowest BCUT2D eigenvalue weighted by molar-refractivity contribution is -0.117. The average Bonchev–Trinajstić information content (AvgIpc) is 2.48. The van der Waals surface area contributed by atoms with Crippen molar-refractivity contribution in [3.05, 3.63) is 24.3 Å². The van der Waals surface area contributed by atoms with Crippen molar-refractivity contribution in [2.24, 2.45) is 11.7 Å². The maximum absolute atomic E-state index is 12.1. The van der Waals surface area contributed by atoms with E-state index >= 15 is 0 Å². The first-order valence-electron chi connectivity index (χ1n) is 7.04. The summed E-state index contributed by atoms with van der Waals surface area (Å²) in [6.07, 6.45) is 1.86. The average molecular weight is 307 g/mol. The third-order valence-corrected chi connectivity index (χ3v) is 4.07. The summed E-state index contributed by atoms with van der Waals surface area (Å²) in [7, 11) is 1.59. The number of nitrogens with two attached hydrogens (primary N) is 1. The van der Waals surface area contributed by atoms with Gasteiger partial charge < -0.3 is 15.8 Å². The highest BCUT2D eigenvalue weighted by Crippen LogP contribution is 2.23. The van der Waals surface area contributed by atoms with E-state index in [1.807, 2.05) is 24.3 Å². The summed E-state index contributed by atoms with van der Waals surface area (Å²) in [4.78, 5) is 14.8. The molecule has 1 heterocycles. The number of ether oxygens (including phenoxy) is 1. The quantitative estimate of drug-likeness (QED) is 0.809. The summed E-state index contributed by atoms with van der Waals surface area (Å²) < 4.78 is 5.22. The lowest BCUT2D eigenvalue weighted by Crippen LogP contribution is -2.41. The molecule has 0 aromatic heterocycles. The second kappa shape index (κ2) is 7.38. The molecule has 0 aliphatic carbocycles. The number of benzene rings is 1. The van der Waals surface area contributed by atoms with Gasteiger partial charge in [-0.2, -0.15) is 0 Å². The molecule has 1 aliphatic rings. The third-order valence-electron chi connectivity index (χ3n) is 3.74. The highest BCUT2D eigenvalue weighted by molar-refractivity contribution is 7.80. The smallest absolute Gasteiger partial charge is 0.238 e. The van der Waals surface area contributed by atoms with E-state index < -0.39 is 0 Å². The van der Waals surface area contributed by atoms with Gasteiger partial charge in [0.2, 0.25) is 5.91 Å². The third kappa shape index (κ3) is 4.41. The van der Waals surface area contributed by atoms with Crippen molar-refractivity contribution in [3.8, 4) is 5.75 Å². The molecule has 6 heteroatoms. The highest BCUT2D eigenvalue weighted by atomic mass is 32.1. The van der Waals surface area contributed by atoms with E-state index in [2.05, 4.69) is 10.2 Å². The van der Waals surface area contributed by atoms with E-state index in [0.717, 1.165) is 25.9 Å². The first kappa shape index (κ1) is 15.7. The van der Waals surface area contributed by atoms with Gasteiger partial charge in [-0.1, -0.05) is 24.4 Å². The van der Waals surface area contributed by atoms with Crippen LogP contribution in [0, 0.1) is 5.92 Å². The second-order valence-electron chi connectivity index (χ2n) is 5.20. The molecular formula is C15H21N3O2S. The standard InChI is InChI=1S/C15H21N3O2S/c1-20-13-5-3-2-4-12(13)17-14(19)10-18-8-6-11(7-9-18)15(16)21/h2-5,11H,6-10H2,1H3,(H2,16,21)(H,17,19). The number of amides is 1. The number of nitrogens with zero attached hydrogens (tertiary/aromatic N) is 1. The van der Waals surface area contributed by atoms with E-state index in [1.54, 1.807) is 7.11 Å². The number of nitrogens with one attached hydrogen (secondary N) is 1. The van der Waals surface area contributed by atoms with Crippen LogP contribution < -0.4 is 15.8 Å². The number of hydrogen-bond acceptors (Lipinski definition) is 4. The Hall–Kier alpha value is -1.66. The van der Waals surface area contributed by atoms with Gasteiger partial charge in [0.05, 0.1) is 24.3 Å². The predicted molar refractivity (Wildman–Crippen MR) is 87.6 cm³/mol. The van der Waals surface area contributed by atoms with E-state index in [0.29, 0.717) is 28.9 Å². The lowest BCUT2D eigenvalue weighted by atomic mass is 9.97. The van der Waals surface area contributed by atoms with Gasteiger partial charge in [0, 0.05) is 5.92 Å². The number of carbonyl (C=O) groups excluding carboxylic acids is 1. The molecule has 1 aromatic rings. The molecule has 0 atom stereocenters. The van der Waals surface area contributed by atoms with Crippen LogP contribution in [-0.4, -0.2) is 42.5 Å². The van der Waals surface area contributed by atoms with Crippen LogP contribution in [0.5, 0.6) is 5.75 Å². The molecule has 21 heavy (non-hydrogen) atoms. The first-order chi connectivity index (χ1) is 10.1. The molecule has 0 bridgehead atoms. The first-order valence-corrected chi connectivity index (χ1v) is 7.45. The van der Waals surface area contributed by atoms with Crippen molar-refractivity contribution in [1.29, 1.82) is 0 Å². The van der Waals surface area contributed by atoms with Gasteiger partial charge in [-0.05, 0) is 38.1 Å². The molecule has 0 saturated carbocycles. The Kier molecular flexibility index (Phi) is 5.52. The monoisotopic (exact) mass is 307 g/mol. The molecule has 114 valence electrons. The fourth-order valence-corrected chi connectivity index (χ4v) is 2.75. The SMILES string of the molecule is COc1ccccc1NC(=O)CN1CCC(C(N)=S)CC1. The number of para-hydroxylation sites is 2. The summed E-state index contributed by atoms with van der Waals surface area (Å²) in [5.74, 6) is 0.944. The Morgan fingerprint density at radius 2 is 2.10 bits per heavy atom. The van der Waals surface area contributed by atoms with Crippen molar-refractivity contribution in [2.45, 2.75) is 12.8 Å². The molecule has 0 radical (unpaired) electrons. The Labute approximate surface area is 130 Å². The van der Waals surface area contributed by atoms with E-state index in [9.17, 15) is 4.79 Å². The number of likely N-dealkylation sites (tertiary alicyclic amines) is 1. The summed E-state index contributed by atoms with van der Waals surface area (Å²) in [6, 6.07) is 7.39. The number of thiocarbonyl (C=S) groups is 1. The Morgan fingerprint density at radius 3 is 2.71 bits per heavy atom. The predicted octanol–water partition coefficient (Wildman–Crippen LogP) is 1.63. The maximum atomic E-state index is 12.1.